The quantitative estimate of drug-likeness (QED) is 0.676. The van der Waals surface area contributed by atoms with E-state index in [0.29, 0.717) is 5.92 Å². The Bertz CT molecular complexity index is 844. The Morgan fingerprint density at radius 1 is 1.04 bits per heavy atom. The minimum atomic E-state index is 0.687. The maximum absolute atomic E-state index is 4.61. The van der Waals surface area contributed by atoms with Crippen LogP contribution in [0.5, 0.6) is 0 Å². The Morgan fingerprint density at radius 3 is 2.69 bits per heavy atom. The normalized spacial score (nSPS) is 17.7. The fourth-order valence-electron chi connectivity index (χ4n) is 3.97. The molecule has 134 valence electrons. The summed E-state index contributed by atoms with van der Waals surface area (Å²) in [6.07, 6.45) is 2.95. The number of rotatable bonds is 6. The molecule has 1 aromatic heterocycles. The molecule has 1 aliphatic heterocycles. The van der Waals surface area contributed by atoms with Crippen LogP contribution in [0.15, 0.2) is 60.9 Å². The van der Waals surface area contributed by atoms with Gasteiger partial charge in [0.25, 0.3) is 0 Å². The summed E-state index contributed by atoms with van der Waals surface area (Å²) in [5.41, 5.74) is 2.43. The van der Waals surface area contributed by atoms with Gasteiger partial charge in [-0.25, -0.2) is 9.97 Å². The van der Waals surface area contributed by atoms with E-state index in [4.69, 9.17) is 0 Å². The van der Waals surface area contributed by atoms with Crippen molar-refractivity contribution in [2.75, 3.05) is 31.1 Å². The van der Waals surface area contributed by atoms with E-state index in [2.05, 4.69) is 75.2 Å². The van der Waals surface area contributed by atoms with Crippen LogP contribution in [0, 0.1) is 5.92 Å². The smallest absolute Gasteiger partial charge is 0.139 e. The molecule has 0 aliphatic carbocycles. The number of nitrogens with zero attached hydrogens (tertiary/aromatic N) is 4. The molecule has 2 aromatic carbocycles. The number of fused-ring (bicyclic) bond motifs is 1. The Balaban J connectivity index is 1.44. The van der Waals surface area contributed by atoms with Crippen molar-refractivity contribution in [3.63, 3.8) is 0 Å². The van der Waals surface area contributed by atoms with E-state index in [0.717, 1.165) is 42.9 Å². The lowest BCUT2D eigenvalue weighted by molar-refractivity contribution is 0.317. The molecule has 4 heteroatoms. The average molecular weight is 346 g/mol. The van der Waals surface area contributed by atoms with Gasteiger partial charge in [-0.1, -0.05) is 42.5 Å². The van der Waals surface area contributed by atoms with E-state index in [9.17, 15) is 0 Å². The van der Waals surface area contributed by atoms with Crippen LogP contribution < -0.4 is 4.90 Å². The highest BCUT2D eigenvalue weighted by Crippen LogP contribution is 2.26. The molecule has 0 bridgehead atoms. The number of hydrogen-bond acceptors (Lipinski definition) is 4. The van der Waals surface area contributed by atoms with Gasteiger partial charge < -0.3 is 4.90 Å². The predicted octanol–water partition coefficient (Wildman–Crippen LogP) is 3.98. The van der Waals surface area contributed by atoms with Gasteiger partial charge in [-0.2, -0.15) is 0 Å². The van der Waals surface area contributed by atoms with E-state index in [1.165, 1.54) is 18.5 Å². The molecule has 4 nitrogen and oxygen atoms in total. The van der Waals surface area contributed by atoms with Crippen LogP contribution in [-0.4, -0.2) is 41.0 Å². The molecule has 0 radical (unpaired) electrons. The van der Waals surface area contributed by atoms with Crippen molar-refractivity contribution in [2.24, 2.45) is 5.92 Å². The van der Waals surface area contributed by atoms with Crippen LogP contribution in [-0.2, 0) is 6.54 Å². The summed E-state index contributed by atoms with van der Waals surface area (Å²) in [5.74, 6) is 1.76. The maximum Gasteiger partial charge on any atom is 0.139 e. The molecule has 1 atom stereocenters. The molecule has 1 aliphatic rings. The van der Waals surface area contributed by atoms with Crippen molar-refractivity contribution in [3.8, 4) is 0 Å². The summed E-state index contributed by atoms with van der Waals surface area (Å²) in [6, 6.07) is 19.1. The number of benzene rings is 2. The number of aromatic nitrogens is 2. The Hall–Kier alpha value is -2.46. The Kier molecular flexibility index (Phi) is 5.12. The summed E-state index contributed by atoms with van der Waals surface area (Å²) >= 11 is 0. The largest absolute Gasteiger partial charge is 0.356 e. The van der Waals surface area contributed by atoms with Crippen LogP contribution in [0.25, 0.3) is 10.9 Å². The van der Waals surface area contributed by atoms with Gasteiger partial charge in [-0.05, 0) is 43.5 Å². The third-order valence-electron chi connectivity index (χ3n) is 5.30. The van der Waals surface area contributed by atoms with Crippen LogP contribution in [0.2, 0.25) is 0 Å². The topological polar surface area (TPSA) is 32.3 Å². The first-order valence-corrected chi connectivity index (χ1v) is 9.54. The van der Waals surface area contributed by atoms with Crippen molar-refractivity contribution in [1.82, 2.24) is 14.9 Å². The monoisotopic (exact) mass is 346 g/mol. The second kappa shape index (κ2) is 7.83. The van der Waals surface area contributed by atoms with E-state index < -0.39 is 0 Å². The number of hydrogen-bond donors (Lipinski definition) is 0. The summed E-state index contributed by atoms with van der Waals surface area (Å²) in [5, 5.41) is 1.15. The standard InChI is InChI=1S/C22H26N4/c1-2-26(22-20-10-6-7-11-21(20)23-17-24-22)16-19-12-13-25(15-19)14-18-8-4-3-5-9-18/h3-11,17,19H,2,12-16H2,1H3. The van der Waals surface area contributed by atoms with Crippen molar-refractivity contribution < 1.29 is 0 Å². The van der Waals surface area contributed by atoms with Crippen molar-refractivity contribution >= 4 is 16.7 Å². The molecular weight excluding hydrogens is 320 g/mol. The van der Waals surface area contributed by atoms with Gasteiger partial charge in [-0.15, -0.1) is 0 Å². The van der Waals surface area contributed by atoms with Crippen LogP contribution >= 0.6 is 0 Å². The molecule has 0 saturated carbocycles. The minimum absolute atomic E-state index is 0.687. The summed E-state index contributed by atoms with van der Waals surface area (Å²) in [7, 11) is 0. The molecule has 0 spiro atoms. The van der Waals surface area contributed by atoms with Gasteiger partial charge in [0, 0.05) is 31.6 Å². The zero-order valence-corrected chi connectivity index (χ0v) is 15.4. The maximum atomic E-state index is 4.61. The third kappa shape index (κ3) is 3.70. The zero-order chi connectivity index (χ0) is 17.8. The Morgan fingerprint density at radius 2 is 1.85 bits per heavy atom. The van der Waals surface area contributed by atoms with Gasteiger partial charge in [0.2, 0.25) is 0 Å². The van der Waals surface area contributed by atoms with E-state index >= 15 is 0 Å². The molecule has 26 heavy (non-hydrogen) atoms. The number of para-hydroxylation sites is 1. The predicted molar refractivity (Wildman–Crippen MR) is 107 cm³/mol. The fourth-order valence-corrected chi connectivity index (χ4v) is 3.97. The van der Waals surface area contributed by atoms with Gasteiger partial charge in [-0.3, -0.25) is 4.90 Å². The molecule has 1 fully saturated rings. The van der Waals surface area contributed by atoms with Gasteiger partial charge in [0.05, 0.1) is 5.52 Å². The second-order valence-corrected chi connectivity index (χ2v) is 7.13. The zero-order valence-electron chi connectivity index (χ0n) is 15.4. The first-order valence-electron chi connectivity index (χ1n) is 9.54. The molecule has 0 amide bonds. The summed E-state index contributed by atoms with van der Waals surface area (Å²) in [6.45, 7) is 7.64. The molecule has 2 heterocycles. The fraction of sp³-hybridized carbons (Fsp3) is 0.364. The third-order valence-corrected chi connectivity index (χ3v) is 5.30. The lowest BCUT2D eigenvalue weighted by Gasteiger charge is -2.26. The van der Waals surface area contributed by atoms with E-state index in [1.54, 1.807) is 6.33 Å². The van der Waals surface area contributed by atoms with E-state index in [1.807, 2.05) is 6.07 Å². The highest BCUT2D eigenvalue weighted by molar-refractivity contribution is 5.89. The highest BCUT2D eigenvalue weighted by Gasteiger charge is 2.25. The average Bonchev–Trinajstić information content (AvgIpc) is 3.13. The molecule has 0 N–H and O–H groups in total. The first kappa shape index (κ1) is 17.0. The molecule has 1 unspecified atom stereocenters. The second-order valence-electron chi connectivity index (χ2n) is 7.13. The molecule has 4 rings (SSSR count). The number of likely N-dealkylation sites (tertiary alicyclic amines) is 1. The summed E-state index contributed by atoms with van der Waals surface area (Å²) < 4.78 is 0. The highest BCUT2D eigenvalue weighted by atomic mass is 15.2. The minimum Gasteiger partial charge on any atom is -0.356 e. The lowest BCUT2D eigenvalue weighted by atomic mass is 10.1. The van der Waals surface area contributed by atoms with Crippen LogP contribution in [0.4, 0.5) is 5.82 Å². The van der Waals surface area contributed by atoms with Crippen molar-refractivity contribution in [1.29, 1.82) is 0 Å². The SMILES string of the molecule is CCN(CC1CCN(Cc2ccccc2)C1)c1ncnc2ccccc12. The lowest BCUT2D eigenvalue weighted by Crippen LogP contribution is -2.32. The van der Waals surface area contributed by atoms with Gasteiger partial charge in [0.15, 0.2) is 0 Å². The van der Waals surface area contributed by atoms with Crippen LogP contribution in [0.1, 0.15) is 18.9 Å². The number of anilines is 1. The van der Waals surface area contributed by atoms with Crippen LogP contribution in [0.3, 0.4) is 0 Å². The van der Waals surface area contributed by atoms with Gasteiger partial charge in [0.1, 0.15) is 12.1 Å². The van der Waals surface area contributed by atoms with E-state index in [-0.39, 0.29) is 0 Å². The molecular formula is C22H26N4. The molecule has 3 aromatic rings. The van der Waals surface area contributed by atoms with Gasteiger partial charge >= 0.3 is 0 Å². The molecule has 1 saturated heterocycles. The first-order chi connectivity index (χ1) is 12.8. The summed E-state index contributed by atoms with van der Waals surface area (Å²) in [4.78, 5) is 14.0. The Labute approximate surface area is 155 Å². The van der Waals surface area contributed by atoms with Crippen molar-refractivity contribution in [3.05, 3.63) is 66.5 Å². The van der Waals surface area contributed by atoms with Crippen molar-refractivity contribution in [2.45, 2.75) is 19.9 Å².